The van der Waals surface area contributed by atoms with Crippen molar-refractivity contribution in [2.45, 2.75) is 76.2 Å². The summed E-state index contributed by atoms with van der Waals surface area (Å²) in [6, 6.07) is 9.96. The van der Waals surface area contributed by atoms with Gasteiger partial charge in [-0.15, -0.1) is 0 Å². The molecule has 2 N–H and O–H groups in total. The van der Waals surface area contributed by atoms with E-state index in [4.69, 9.17) is 4.42 Å². The lowest BCUT2D eigenvalue weighted by Crippen LogP contribution is -2.32. The first-order valence-corrected chi connectivity index (χ1v) is 10.5. The maximum Gasteiger partial charge on any atom is 0.343 e. The predicted octanol–water partition coefficient (Wildman–Crippen LogP) is 4.86. The van der Waals surface area contributed by atoms with Crippen LogP contribution in [0.5, 0.6) is 5.75 Å². The van der Waals surface area contributed by atoms with E-state index in [0.29, 0.717) is 23.7 Å². The molecule has 2 unspecified atom stereocenters. The van der Waals surface area contributed by atoms with Crippen molar-refractivity contribution in [3.05, 3.63) is 63.2 Å². The molecule has 0 spiro atoms. The predicted molar refractivity (Wildman–Crippen MR) is 109 cm³/mol. The molecule has 1 aromatic heterocycles. The topological polar surface area (TPSA) is 70.7 Å². The average molecular weight is 383 g/mol. The third-order valence-corrected chi connectivity index (χ3v) is 6.41. The second-order valence-corrected chi connectivity index (χ2v) is 9.03. The second kappa shape index (κ2) is 7.40. The van der Waals surface area contributed by atoms with Gasteiger partial charge in [-0.05, 0) is 57.4 Å². The Kier molecular flexibility index (Phi) is 5.09. The maximum absolute atomic E-state index is 13.1. The normalized spacial score (nSPS) is 21.5. The fourth-order valence-corrected chi connectivity index (χ4v) is 4.79. The van der Waals surface area contributed by atoms with Crippen LogP contribution >= 0.6 is 0 Å². The van der Waals surface area contributed by atoms with Crippen molar-refractivity contribution in [1.82, 2.24) is 0 Å². The zero-order valence-electron chi connectivity index (χ0n) is 16.8. The minimum Gasteiger partial charge on any atom is -0.507 e. The Labute approximate surface area is 166 Å². The molecule has 1 heterocycles. The van der Waals surface area contributed by atoms with Crippen LogP contribution in [0.2, 0.25) is 0 Å². The molecule has 2 aromatic rings. The minimum absolute atomic E-state index is 0.100. The van der Waals surface area contributed by atoms with Crippen molar-refractivity contribution >= 4 is 0 Å². The molecule has 2 atom stereocenters. The van der Waals surface area contributed by atoms with Gasteiger partial charge in [-0.25, -0.2) is 4.79 Å². The van der Waals surface area contributed by atoms with Crippen LogP contribution in [0.1, 0.15) is 86.7 Å². The molecule has 0 saturated heterocycles. The fourth-order valence-electron chi connectivity index (χ4n) is 4.79. The zero-order chi connectivity index (χ0) is 19.9. The van der Waals surface area contributed by atoms with Gasteiger partial charge in [0.2, 0.25) is 0 Å². The molecule has 0 radical (unpaired) electrons. The summed E-state index contributed by atoms with van der Waals surface area (Å²) in [5, 5.41) is 22.0. The number of aromatic hydroxyl groups is 1. The van der Waals surface area contributed by atoms with Crippen LogP contribution in [-0.4, -0.2) is 15.8 Å². The molecule has 4 rings (SSSR count). The lowest BCUT2D eigenvalue weighted by Gasteiger charge is -2.32. The van der Waals surface area contributed by atoms with Gasteiger partial charge < -0.3 is 14.6 Å². The van der Waals surface area contributed by atoms with Crippen molar-refractivity contribution in [2.24, 2.45) is 5.92 Å². The molecule has 1 fully saturated rings. The lowest BCUT2D eigenvalue weighted by molar-refractivity contribution is 0.0353. The number of fused-ring (bicyclic) bond motifs is 1. The monoisotopic (exact) mass is 382 g/mol. The van der Waals surface area contributed by atoms with Gasteiger partial charge in [0, 0.05) is 17.4 Å². The Hall–Kier alpha value is -2.07. The number of hydrogen-bond donors (Lipinski definition) is 2. The van der Waals surface area contributed by atoms with Gasteiger partial charge >= 0.3 is 5.63 Å². The third-order valence-electron chi connectivity index (χ3n) is 6.41. The first kappa shape index (κ1) is 19.3. The first-order chi connectivity index (χ1) is 13.4. The Morgan fingerprint density at radius 1 is 1.07 bits per heavy atom. The van der Waals surface area contributed by atoms with E-state index in [1.807, 2.05) is 30.3 Å². The van der Waals surface area contributed by atoms with Gasteiger partial charge in [0.1, 0.15) is 11.5 Å². The van der Waals surface area contributed by atoms with Crippen LogP contribution in [0.25, 0.3) is 0 Å². The standard InChI is InChI=1S/C24H30O4/c1-24(2,27)18-12-8-4-7-11-17-21(25)20(23(26)28-22(17)18)19(16-13-14-16)15-9-5-3-6-10-15/h3,5-6,9-10,16,18-19,25,27H,4,7-8,11-14H2,1-2H3. The molecular weight excluding hydrogens is 352 g/mol. The van der Waals surface area contributed by atoms with E-state index < -0.39 is 11.2 Å². The first-order valence-electron chi connectivity index (χ1n) is 10.5. The van der Waals surface area contributed by atoms with Gasteiger partial charge in [-0.1, -0.05) is 43.2 Å². The Morgan fingerprint density at radius 2 is 1.79 bits per heavy atom. The largest absolute Gasteiger partial charge is 0.507 e. The molecule has 2 aliphatic carbocycles. The molecule has 1 saturated carbocycles. The van der Waals surface area contributed by atoms with Gasteiger partial charge in [-0.2, -0.15) is 0 Å². The quantitative estimate of drug-likeness (QED) is 0.792. The average Bonchev–Trinajstić information content (AvgIpc) is 3.45. The molecule has 4 nitrogen and oxygen atoms in total. The third kappa shape index (κ3) is 3.62. The molecular formula is C24H30O4. The van der Waals surface area contributed by atoms with Crippen LogP contribution in [0.15, 0.2) is 39.5 Å². The van der Waals surface area contributed by atoms with Gasteiger partial charge in [-0.3, -0.25) is 0 Å². The van der Waals surface area contributed by atoms with Gasteiger partial charge in [0.15, 0.2) is 0 Å². The summed E-state index contributed by atoms with van der Waals surface area (Å²) in [5.41, 5.74) is 0.723. The summed E-state index contributed by atoms with van der Waals surface area (Å²) in [6.07, 6.45) is 6.52. The highest BCUT2D eigenvalue weighted by molar-refractivity contribution is 5.48. The van der Waals surface area contributed by atoms with Crippen LogP contribution in [0.4, 0.5) is 0 Å². The molecule has 4 heteroatoms. The highest BCUT2D eigenvalue weighted by atomic mass is 16.4. The van der Waals surface area contributed by atoms with E-state index in [1.54, 1.807) is 13.8 Å². The van der Waals surface area contributed by atoms with E-state index in [0.717, 1.165) is 49.7 Å². The number of benzene rings is 1. The van der Waals surface area contributed by atoms with E-state index in [9.17, 15) is 15.0 Å². The smallest absolute Gasteiger partial charge is 0.343 e. The summed E-state index contributed by atoms with van der Waals surface area (Å²) in [4.78, 5) is 13.1. The molecule has 0 aliphatic heterocycles. The summed E-state index contributed by atoms with van der Waals surface area (Å²) in [7, 11) is 0. The van der Waals surface area contributed by atoms with E-state index in [-0.39, 0.29) is 17.6 Å². The number of rotatable bonds is 4. The fraction of sp³-hybridized carbons (Fsp3) is 0.542. The van der Waals surface area contributed by atoms with Gasteiger partial charge in [0.05, 0.1) is 11.2 Å². The minimum atomic E-state index is -1.01. The number of hydrogen-bond acceptors (Lipinski definition) is 4. The van der Waals surface area contributed by atoms with Gasteiger partial charge in [0.25, 0.3) is 0 Å². The second-order valence-electron chi connectivity index (χ2n) is 9.03. The molecule has 0 bridgehead atoms. The van der Waals surface area contributed by atoms with Crippen LogP contribution < -0.4 is 5.63 Å². The Bertz CT molecular complexity index is 887. The lowest BCUT2D eigenvalue weighted by atomic mass is 9.78. The van der Waals surface area contributed by atoms with Crippen LogP contribution in [0.3, 0.4) is 0 Å². The molecule has 28 heavy (non-hydrogen) atoms. The van der Waals surface area contributed by atoms with E-state index in [2.05, 4.69) is 0 Å². The zero-order valence-corrected chi connectivity index (χ0v) is 16.8. The SMILES string of the molecule is CC(C)(O)C1CCCCCc2c1oc(=O)c(C(c1ccccc1)C1CC1)c2O. The molecule has 0 amide bonds. The van der Waals surface area contributed by atoms with E-state index >= 15 is 0 Å². The van der Waals surface area contributed by atoms with Crippen molar-refractivity contribution < 1.29 is 14.6 Å². The maximum atomic E-state index is 13.1. The summed E-state index contributed by atoms with van der Waals surface area (Å²) in [6.45, 7) is 3.51. The van der Waals surface area contributed by atoms with Crippen molar-refractivity contribution in [3.63, 3.8) is 0 Å². The summed E-state index contributed by atoms with van der Waals surface area (Å²) < 4.78 is 5.89. The molecule has 2 aliphatic rings. The Balaban J connectivity index is 1.89. The highest BCUT2D eigenvalue weighted by Gasteiger charge is 2.40. The highest BCUT2D eigenvalue weighted by Crippen LogP contribution is 2.49. The molecule has 150 valence electrons. The van der Waals surface area contributed by atoms with Crippen LogP contribution in [-0.2, 0) is 6.42 Å². The van der Waals surface area contributed by atoms with E-state index in [1.165, 1.54) is 0 Å². The summed E-state index contributed by atoms with van der Waals surface area (Å²) >= 11 is 0. The van der Waals surface area contributed by atoms with Crippen molar-refractivity contribution in [3.8, 4) is 5.75 Å². The number of aliphatic hydroxyl groups is 1. The van der Waals surface area contributed by atoms with Crippen molar-refractivity contribution in [1.29, 1.82) is 0 Å². The summed E-state index contributed by atoms with van der Waals surface area (Å²) in [5.74, 6) is 0.539. The Morgan fingerprint density at radius 3 is 2.43 bits per heavy atom. The van der Waals surface area contributed by atoms with Crippen molar-refractivity contribution in [2.75, 3.05) is 0 Å². The van der Waals surface area contributed by atoms with Crippen LogP contribution in [0, 0.1) is 5.92 Å². The molecule has 1 aromatic carbocycles.